The maximum Gasteiger partial charge on any atom is 0.174 e. The van der Waals surface area contributed by atoms with Crippen LogP contribution in [-0.2, 0) is 6.54 Å². The van der Waals surface area contributed by atoms with Gasteiger partial charge in [-0.25, -0.2) is 4.57 Å². The summed E-state index contributed by atoms with van der Waals surface area (Å²) in [5.41, 5.74) is 1.30. The fraction of sp³-hybridized carbons (Fsp3) is 0.0833. The van der Waals surface area contributed by atoms with Crippen LogP contribution in [0.1, 0.15) is 5.56 Å². The van der Waals surface area contributed by atoms with E-state index in [4.69, 9.17) is 0 Å². The highest BCUT2D eigenvalue weighted by Gasteiger charge is 2.03. The van der Waals surface area contributed by atoms with Gasteiger partial charge in [0.2, 0.25) is 0 Å². The van der Waals surface area contributed by atoms with Crippen LogP contribution in [0.5, 0.6) is 0 Å². The molecule has 15 heavy (non-hydrogen) atoms. The van der Waals surface area contributed by atoms with E-state index in [0.717, 1.165) is 11.0 Å². The molecule has 0 saturated carbocycles. The molecule has 0 atom stereocenters. The van der Waals surface area contributed by atoms with Crippen LogP contribution in [0.4, 0.5) is 0 Å². The maximum atomic E-state index is 3.54. The van der Waals surface area contributed by atoms with E-state index in [9.17, 15) is 0 Å². The van der Waals surface area contributed by atoms with Gasteiger partial charge >= 0.3 is 0 Å². The van der Waals surface area contributed by atoms with Crippen molar-refractivity contribution in [3.63, 3.8) is 0 Å². The van der Waals surface area contributed by atoms with Crippen molar-refractivity contribution in [3.05, 3.63) is 64.9 Å². The lowest BCUT2D eigenvalue weighted by Crippen LogP contribution is -3.00. The summed E-state index contributed by atoms with van der Waals surface area (Å²) < 4.78 is 3.32. The molecule has 1 aromatic carbocycles. The number of halogens is 2. The van der Waals surface area contributed by atoms with Gasteiger partial charge in [-0.3, -0.25) is 0 Å². The highest BCUT2D eigenvalue weighted by molar-refractivity contribution is 9.10. The molecule has 0 unspecified atom stereocenters. The minimum atomic E-state index is 0. The fourth-order valence-electron chi connectivity index (χ4n) is 1.36. The van der Waals surface area contributed by atoms with E-state index in [1.165, 1.54) is 5.56 Å². The number of hydrogen-bond donors (Lipinski definition) is 0. The molecule has 0 aliphatic carbocycles. The van der Waals surface area contributed by atoms with Crippen molar-refractivity contribution in [1.82, 2.24) is 0 Å². The fourth-order valence-corrected chi connectivity index (χ4v) is 1.77. The predicted octanol–water partition coefficient (Wildman–Crippen LogP) is -0.211. The molecule has 0 amide bonds. The molecule has 1 heterocycles. The summed E-state index contributed by atoms with van der Waals surface area (Å²) in [6.45, 7) is 0.905. The van der Waals surface area contributed by atoms with E-state index in [1.54, 1.807) is 0 Å². The average Bonchev–Trinajstić information content (AvgIpc) is 2.23. The second-order valence-corrected chi connectivity index (χ2v) is 3.99. The van der Waals surface area contributed by atoms with Crippen LogP contribution in [0, 0.1) is 0 Å². The first-order valence-corrected chi connectivity index (χ1v) is 5.33. The molecule has 0 bridgehead atoms. The van der Waals surface area contributed by atoms with Gasteiger partial charge in [0.25, 0.3) is 0 Å². The number of pyridine rings is 1. The van der Waals surface area contributed by atoms with Gasteiger partial charge in [-0.1, -0.05) is 40.2 Å². The van der Waals surface area contributed by atoms with E-state index in [-0.39, 0.29) is 17.0 Å². The molecule has 0 saturated heterocycles. The zero-order valence-electron chi connectivity index (χ0n) is 8.11. The third-order valence-electron chi connectivity index (χ3n) is 2.09. The highest BCUT2D eigenvalue weighted by atomic mass is 79.9. The molecule has 2 aromatic rings. The smallest absolute Gasteiger partial charge is 0.174 e. The molecule has 1 nitrogen and oxygen atoms in total. The Morgan fingerprint density at radius 3 is 2.27 bits per heavy atom. The summed E-state index contributed by atoms with van der Waals surface area (Å²) in [6.07, 6.45) is 4.14. The van der Waals surface area contributed by atoms with Crippen molar-refractivity contribution < 1.29 is 21.5 Å². The Balaban J connectivity index is 0.00000112. The Kier molecular flexibility index (Phi) is 4.99. The molecule has 0 fully saturated rings. The molecule has 1 aromatic heterocycles. The molecule has 3 heteroatoms. The summed E-state index contributed by atoms with van der Waals surface area (Å²) in [5, 5.41) is 0. The minimum absolute atomic E-state index is 0. The van der Waals surface area contributed by atoms with Gasteiger partial charge < -0.3 is 17.0 Å². The van der Waals surface area contributed by atoms with Crippen LogP contribution in [0.25, 0.3) is 0 Å². The molecular weight excluding hydrogens is 318 g/mol. The Bertz CT molecular complexity index is 415. The maximum absolute atomic E-state index is 3.54. The van der Waals surface area contributed by atoms with Crippen LogP contribution in [-0.4, -0.2) is 0 Å². The summed E-state index contributed by atoms with van der Waals surface area (Å²) in [7, 11) is 0. The van der Waals surface area contributed by atoms with E-state index >= 15 is 0 Å². The summed E-state index contributed by atoms with van der Waals surface area (Å²) in [6, 6.07) is 14.4. The van der Waals surface area contributed by atoms with Crippen LogP contribution in [0.2, 0.25) is 0 Å². The lowest BCUT2D eigenvalue weighted by molar-refractivity contribution is -0.688. The van der Waals surface area contributed by atoms with E-state index < -0.39 is 0 Å². The van der Waals surface area contributed by atoms with Crippen LogP contribution >= 0.6 is 15.9 Å². The number of nitrogens with zero attached hydrogens (tertiary/aromatic N) is 1. The van der Waals surface area contributed by atoms with Crippen molar-refractivity contribution in [2.75, 3.05) is 0 Å². The molecule has 0 spiro atoms. The van der Waals surface area contributed by atoms with Crippen LogP contribution in [0.3, 0.4) is 0 Å². The van der Waals surface area contributed by atoms with Gasteiger partial charge in [0.15, 0.2) is 18.9 Å². The number of aromatic nitrogens is 1. The SMILES string of the molecule is Brc1ccccc1C[n+]1ccccc1.[Br-]. The number of rotatable bonds is 2. The normalized spacial score (nSPS) is 9.40. The summed E-state index contributed by atoms with van der Waals surface area (Å²) in [4.78, 5) is 0. The summed E-state index contributed by atoms with van der Waals surface area (Å²) >= 11 is 3.54. The second-order valence-electron chi connectivity index (χ2n) is 3.14. The third-order valence-corrected chi connectivity index (χ3v) is 2.86. The van der Waals surface area contributed by atoms with Crippen LogP contribution < -0.4 is 21.5 Å². The largest absolute Gasteiger partial charge is 1.00 e. The van der Waals surface area contributed by atoms with Gasteiger partial charge in [0, 0.05) is 22.2 Å². The first-order chi connectivity index (χ1) is 6.86. The number of hydrogen-bond acceptors (Lipinski definition) is 0. The third kappa shape index (κ3) is 3.43. The monoisotopic (exact) mass is 327 g/mol. The zero-order chi connectivity index (χ0) is 9.80. The Morgan fingerprint density at radius 1 is 0.933 bits per heavy atom. The molecular formula is C12H11Br2N. The van der Waals surface area contributed by atoms with Crippen molar-refractivity contribution in [2.45, 2.75) is 6.54 Å². The Morgan fingerprint density at radius 2 is 1.60 bits per heavy atom. The van der Waals surface area contributed by atoms with Gasteiger partial charge in [-0.05, 0) is 6.07 Å². The molecule has 0 aliphatic rings. The van der Waals surface area contributed by atoms with E-state index in [2.05, 4.69) is 51.1 Å². The molecule has 78 valence electrons. The zero-order valence-corrected chi connectivity index (χ0v) is 11.3. The van der Waals surface area contributed by atoms with Gasteiger partial charge in [0.05, 0.1) is 0 Å². The first kappa shape index (κ1) is 12.4. The van der Waals surface area contributed by atoms with Crippen LogP contribution in [0.15, 0.2) is 59.3 Å². The topological polar surface area (TPSA) is 3.88 Å². The molecule has 2 rings (SSSR count). The van der Waals surface area contributed by atoms with E-state index in [1.807, 2.05) is 24.3 Å². The van der Waals surface area contributed by atoms with Crippen molar-refractivity contribution in [2.24, 2.45) is 0 Å². The van der Waals surface area contributed by atoms with Gasteiger partial charge in [-0.2, -0.15) is 0 Å². The molecule has 0 radical (unpaired) electrons. The predicted molar refractivity (Wildman–Crippen MR) is 59.9 cm³/mol. The molecule has 0 aliphatic heterocycles. The quantitative estimate of drug-likeness (QED) is 0.672. The first-order valence-electron chi connectivity index (χ1n) is 4.54. The highest BCUT2D eigenvalue weighted by Crippen LogP contribution is 2.14. The molecule has 0 N–H and O–H groups in total. The van der Waals surface area contributed by atoms with Gasteiger partial charge in [0.1, 0.15) is 0 Å². The Labute approximate surface area is 109 Å². The Hall–Kier alpha value is -0.670. The standard InChI is InChI=1S/C12H11BrN.BrH/c13-12-7-3-2-6-11(12)10-14-8-4-1-5-9-14;/h1-9H,10H2;1H/q+1;/p-1. The second kappa shape index (κ2) is 6.03. The average molecular weight is 329 g/mol. The number of benzene rings is 1. The summed E-state index contributed by atoms with van der Waals surface area (Å²) in [5.74, 6) is 0. The van der Waals surface area contributed by atoms with Crippen molar-refractivity contribution >= 4 is 15.9 Å². The van der Waals surface area contributed by atoms with Crippen molar-refractivity contribution in [1.29, 1.82) is 0 Å². The van der Waals surface area contributed by atoms with E-state index in [0.29, 0.717) is 0 Å². The minimum Gasteiger partial charge on any atom is -1.00 e. The van der Waals surface area contributed by atoms with Crippen molar-refractivity contribution in [3.8, 4) is 0 Å². The lowest BCUT2D eigenvalue weighted by Gasteiger charge is -1.99. The van der Waals surface area contributed by atoms with Gasteiger partial charge in [-0.15, -0.1) is 0 Å². The lowest BCUT2D eigenvalue weighted by atomic mass is 10.2.